The third kappa shape index (κ3) is 3.56. The molecule has 1 aliphatic rings. The SMILES string of the molecule is CC1=C([C@@H](C)NC(=O)Cc2c(C)c3cc(F)ccc3[nH]c2=O)C[CH]N=N1. The van der Waals surface area contributed by atoms with Crippen LogP contribution in [0.15, 0.2) is 44.5 Å². The summed E-state index contributed by atoms with van der Waals surface area (Å²) in [6, 6.07) is 3.96. The Hall–Kier alpha value is -2.83. The maximum Gasteiger partial charge on any atom is 0.252 e. The molecule has 0 saturated heterocycles. The molecule has 0 aliphatic carbocycles. The quantitative estimate of drug-likeness (QED) is 0.881. The summed E-state index contributed by atoms with van der Waals surface area (Å²) >= 11 is 0. The molecule has 1 aliphatic heterocycles. The number of hydrogen-bond acceptors (Lipinski definition) is 4. The number of amides is 1. The first-order valence-electron chi connectivity index (χ1n) is 8.39. The van der Waals surface area contributed by atoms with Crippen molar-refractivity contribution in [1.29, 1.82) is 0 Å². The number of aryl methyl sites for hydroxylation is 1. The number of pyridine rings is 1. The molecule has 0 unspecified atom stereocenters. The van der Waals surface area contributed by atoms with Crippen molar-refractivity contribution in [2.75, 3.05) is 0 Å². The summed E-state index contributed by atoms with van der Waals surface area (Å²) in [7, 11) is 0. The summed E-state index contributed by atoms with van der Waals surface area (Å²) in [5.74, 6) is -0.661. The van der Waals surface area contributed by atoms with E-state index in [-0.39, 0.29) is 29.7 Å². The van der Waals surface area contributed by atoms with Crippen LogP contribution in [0.4, 0.5) is 4.39 Å². The number of hydrogen-bond donors (Lipinski definition) is 2. The van der Waals surface area contributed by atoms with Crippen molar-refractivity contribution in [1.82, 2.24) is 10.3 Å². The molecule has 0 fully saturated rings. The molecule has 135 valence electrons. The first-order valence-corrected chi connectivity index (χ1v) is 8.39. The monoisotopic (exact) mass is 355 g/mol. The molecule has 0 spiro atoms. The van der Waals surface area contributed by atoms with Crippen molar-refractivity contribution < 1.29 is 9.18 Å². The van der Waals surface area contributed by atoms with E-state index < -0.39 is 0 Å². The Labute approximate surface area is 150 Å². The van der Waals surface area contributed by atoms with Gasteiger partial charge < -0.3 is 10.3 Å². The Balaban J connectivity index is 1.83. The summed E-state index contributed by atoms with van der Waals surface area (Å²) in [6.45, 7) is 7.14. The topological polar surface area (TPSA) is 86.7 Å². The fraction of sp³-hybridized carbons (Fsp3) is 0.316. The van der Waals surface area contributed by atoms with Crippen molar-refractivity contribution in [3.05, 3.63) is 63.3 Å². The highest BCUT2D eigenvalue weighted by Crippen LogP contribution is 2.22. The highest BCUT2D eigenvalue weighted by molar-refractivity contribution is 5.86. The van der Waals surface area contributed by atoms with Crippen molar-refractivity contribution in [3.63, 3.8) is 0 Å². The van der Waals surface area contributed by atoms with E-state index in [0.717, 1.165) is 11.3 Å². The Bertz CT molecular complexity index is 991. The van der Waals surface area contributed by atoms with Gasteiger partial charge in [0, 0.05) is 22.5 Å². The summed E-state index contributed by atoms with van der Waals surface area (Å²) in [4.78, 5) is 27.5. The predicted octanol–water partition coefficient (Wildman–Crippen LogP) is 3.31. The zero-order valence-corrected chi connectivity index (χ0v) is 14.9. The molecule has 26 heavy (non-hydrogen) atoms. The Morgan fingerprint density at radius 1 is 1.38 bits per heavy atom. The Kier molecular flexibility index (Phi) is 4.97. The number of aromatic nitrogens is 1. The van der Waals surface area contributed by atoms with E-state index in [1.54, 1.807) is 13.5 Å². The van der Waals surface area contributed by atoms with Crippen molar-refractivity contribution >= 4 is 16.8 Å². The molecule has 1 aromatic heterocycles. The van der Waals surface area contributed by atoms with Crippen LogP contribution in [0.3, 0.4) is 0 Å². The fourth-order valence-electron chi connectivity index (χ4n) is 3.19. The van der Waals surface area contributed by atoms with Gasteiger partial charge in [0.05, 0.1) is 18.7 Å². The number of carbonyl (C=O) groups is 1. The first-order chi connectivity index (χ1) is 12.4. The molecule has 1 radical (unpaired) electrons. The second-order valence-corrected chi connectivity index (χ2v) is 6.43. The largest absolute Gasteiger partial charge is 0.350 e. The summed E-state index contributed by atoms with van der Waals surface area (Å²) in [6.07, 6.45) is 0.557. The molecule has 0 saturated carbocycles. The van der Waals surface area contributed by atoms with Gasteiger partial charge in [-0.3, -0.25) is 9.59 Å². The lowest BCUT2D eigenvalue weighted by Crippen LogP contribution is -2.37. The van der Waals surface area contributed by atoms with E-state index in [2.05, 4.69) is 20.5 Å². The van der Waals surface area contributed by atoms with Gasteiger partial charge in [-0.25, -0.2) is 4.39 Å². The van der Waals surface area contributed by atoms with E-state index >= 15 is 0 Å². The van der Waals surface area contributed by atoms with E-state index in [4.69, 9.17) is 0 Å². The maximum atomic E-state index is 13.5. The number of nitrogens with one attached hydrogen (secondary N) is 2. The second kappa shape index (κ2) is 7.19. The molecule has 2 heterocycles. The number of rotatable bonds is 4. The number of carbonyl (C=O) groups excluding carboxylic acids is 1. The molecule has 7 heteroatoms. The number of allylic oxidation sites excluding steroid dienone is 1. The molecule has 0 bridgehead atoms. The minimum atomic E-state index is -0.387. The Morgan fingerprint density at radius 2 is 2.15 bits per heavy atom. The average Bonchev–Trinajstić information content (AvgIpc) is 2.59. The molecule has 3 rings (SSSR count). The lowest BCUT2D eigenvalue weighted by molar-refractivity contribution is -0.120. The van der Waals surface area contributed by atoms with Gasteiger partial charge in [-0.15, -0.1) is 0 Å². The van der Waals surface area contributed by atoms with Crippen LogP contribution in [-0.4, -0.2) is 16.9 Å². The van der Waals surface area contributed by atoms with Gasteiger partial charge in [-0.2, -0.15) is 10.2 Å². The molecule has 1 amide bonds. The maximum absolute atomic E-state index is 13.5. The van der Waals surface area contributed by atoms with Gasteiger partial charge in [0.1, 0.15) is 5.82 Å². The van der Waals surface area contributed by atoms with Crippen LogP contribution < -0.4 is 10.9 Å². The van der Waals surface area contributed by atoms with Crippen LogP contribution in [0.5, 0.6) is 0 Å². The third-order valence-electron chi connectivity index (χ3n) is 4.66. The summed E-state index contributed by atoms with van der Waals surface area (Å²) < 4.78 is 13.5. The molecular weight excluding hydrogens is 335 g/mol. The number of benzene rings is 1. The fourth-order valence-corrected chi connectivity index (χ4v) is 3.19. The van der Waals surface area contributed by atoms with Gasteiger partial charge in [0.15, 0.2) is 0 Å². The average molecular weight is 355 g/mol. The van der Waals surface area contributed by atoms with Crippen molar-refractivity contribution in [2.45, 2.75) is 39.7 Å². The molecule has 1 aromatic carbocycles. The minimum Gasteiger partial charge on any atom is -0.350 e. The van der Waals surface area contributed by atoms with Crippen LogP contribution in [0, 0.1) is 19.3 Å². The van der Waals surface area contributed by atoms with Crippen LogP contribution in [0.2, 0.25) is 0 Å². The smallest absolute Gasteiger partial charge is 0.252 e. The van der Waals surface area contributed by atoms with Gasteiger partial charge in [-0.1, -0.05) is 0 Å². The van der Waals surface area contributed by atoms with Crippen LogP contribution >= 0.6 is 0 Å². The van der Waals surface area contributed by atoms with E-state index in [0.29, 0.717) is 28.5 Å². The molecule has 2 aromatic rings. The molecule has 2 N–H and O–H groups in total. The molecular formula is C19H20FN4O2. The van der Waals surface area contributed by atoms with E-state index in [1.807, 2.05) is 13.8 Å². The zero-order chi connectivity index (χ0) is 18.8. The van der Waals surface area contributed by atoms with Gasteiger partial charge in [0.2, 0.25) is 5.91 Å². The summed E-state index contributed by atoms with van der Waals surface area (Å²) in [5.41, 5.74) is 2.94. The summed E-state index contributed by atoms with van der Waals surface area (Å²) in [5, 5.41) is 11.3. The Morgan fingerprint density at radius 3 is 2.88 bits per heavy atom. The van der Waals surface area contributed by atoms with Crippen LogP contribution in [0.1, 0.15) is 31.4 Å². The van der Waals surface area contributed by atoms with E-state index in [1.165, 1.54) is 18.2 Å². The highest BCUT2D eigenvalue weighted by atomic mass is 19.1. The predicted molar refractivity (Wildman–Crippen MR) is 97.0 cm³/mol. The van der Waals surface area contributed by atoms with Gasteiger partial charge in [0.25, 0.3) is 5.56 Å². The van der Waals surface area contributed by atoms with Crippen molar-refractivity contribution in [3.8, 4) is 0 Å². The number of aromatic amines is 1. The molecule has 1 atom stereocenters. The number of H-pyrrole nitrogens is 1. The standard InChI is InChI=1S/C19H20FN4O2/c1-10-15-8-13(20)4-5-17(15)23-19(26)16(10)9-18(25)22-11(2)14-6-7-21-24-12(14)3/h4-5,7-8,11H,6,9H2,1-3H3,(H,22,25)(H,23,26)/t11-/m1/s1. The lowest BCUT2D eigenvalue weighted by atomic mass is 10.00. The minimum absolute atomic E-state index is 0.0739. The first kappa shape index (κ1) is 18.0. The number of fused-ring (bicyclic) bond motifs is 1. The number of nitrogens with zero attached hydrogens (tertiary/aromatic N) is 2. The number of azo groups is 1. The second-order valence-electron chi connectivity index (χ2n) is 6.43. The van der Waals surface area contributed by atoms with Crippen LogP contribution in [-0.2, 0) is 11.2 Å². The lowest BCUT2D eigenvalue weighted by Gasteiger charge is -2.20. The number of halogens is 1. The molecule has 6 nitrogen and oxygen atoms in total. The third-order valence-corrected chi connectivity index (χ3v) is 4.66. The van der Waals surface area contributed by atoms with Crippen molar-refractivity contribution in [2.24, 2.45) is 10.2 Å². The van der Waals surface area contributed by atoms with E-state index in [9.17, 15) is 14.0 Å². The van der Waals surface area contributed by atoms with Gasteiger partial charge in [-0.05, 0) is 56.5 Å². The van der Waals surface area contributed by atoms with Crippen LogP contribution in [0.25, 0.3) is 10.9 Å². The zero-order valence-electron chi connectivity index (χ0n) is 14.9. The van der Waals surface area contributed by atoms with Gasteiger partial charge >= 0.3 is 0 Å². The highest BCUT2D eigenvalue weighted by Gasteiger charge is 2.19. The normalized spacial score (nSPS) is 15.4.